The van der Waals surface area contributed by atoms with Crippen molar-refractivity contribution in [3.05, 3.63) is 23.8 Å². The van der Waals surface area contributed by atoms with Crippen molar-refractivity contribution in [2.75, 3.05) is 13.4 Å². The van der Waals surface area contributed by atoms with Gasteiger partial charge in [-0.25, -0.2) is 0 Å². The van der Waals surface area contributed by atoms with E-state index in [1.807, 2.05) is 0 Å². The van der Waals surface area contributed by atoms with Gasteiger partial charge in [0, 0.05) is 12.0 Å². The Morgan fingerprint density at radius 2 is 2.10 bits per heavy atom. The van der Waals surface area contributed by atoms with Crippen molar-refractivity contribution in [3.8, 4) is 35.7 Å². The van der Waals surface area contributed by atoms with E-state index in [1.165, 1.54) is 13.2 Å². The van der Waals surface area contributed by atoms with Crippen LogP contribution in [0.25, 0.3) is 0 Å². The molecule has 0 aliphatic carbocycles. The van der Waals surface area contributed by atoms with E-state index >= 15 is 0 Å². The van der Waals surface area contributed by atoms with Crippen LogP contribution in [0.1, 0.15) is 18.4 Å². The number of aliphatic hydroxyl groups excluding tert-OH is 1. The van der Waals surface area contributed by atoms with Crippen molar-refractivity contribution in [1.29, 1.82) is 0 Å². The third kappa shape index (κ3) is 6.22. The molecule has 0 spiro atoms. The fourth-order valence-corrected chi connectivity index (χ4v) is 1.90. The normalized spacial score (nSPS) is 11.7. The van der Waals surface area contributed by atoms with Crippen molar-refractivity contribution in [2.24, 2.45) is 0 Å². The third-order valence-electron chi connectivity index (χ3n) is 2.37. The number of hydrogen-bond acceptors (Lipinski definition) is 5. The van der Waals surface area contributed by atoms with E-state index in [9.17, 15) is 13.5 Å². The Morgan fingerprint density at radius 1 is 1.38 bits per heavy atom. The molecule has 112 valence electrons. The van der Waals surface area contributed by atoms with E-state index in [0.29, 0.717) is 18.4 Å². The first-order valence-corrected chi connectivity index (χ1v) is 7.88. The Hall–Kier alpha value is -2.15. The fourth-order valence-electron chi connectivity index (χ4n) is 1.43. The molecule has 0 radical (unpaired) electrons. The van der Waals surface area contributed by atoms with E-state index in [4.69, 9.17) is 15.3 Å². The summed E-state index contributed by atoms with van der Waals surface area (Å²) in [6.07, 6.45) is 6.06. The van der Waals surface area contributed by atoms with Crippen LogP contribution < -0.4 is 8.92 Å². The predicted octanol–water partition coefficient (Wildman–Crippen LogP) is 1.16. The molecule has 0 heterocycles. The number of methoxy groups -OCH3 is 1. The van der Waals surface area contributed by atoms with Gasteiger partial charge in [-0.05, 0) is 24.6 Å². The van der Waals surface area contributed by atoms with Crippen LogP contribution in [0.2, 0.25) is 0 Å². The molecule has 0 saturated heterocycles. The van der Waals surface area contributed by atoms with Crippen molar-refractivity contribution < 1.29 is 22.4 Å². The van der Waals surface area contributed by atoms with Gasteiger partial charge in [0.05, 0.1) is 13.4 Å². The number of aliphatic hydroxyl groups is 1. The summed E-state index contributed by atoms with van der Waals surface area (Å²) in [5, 5.41) is 9.18. The molecule has 1 atom stereocenters. The maximum absolute atomic E-state index is 11.1. The van der Waals surface area contributed by atoms with Crippen molar-refractivity contribution in [1.82, 2.24) is 0 Å². The molecular formula is C15H16O5S. The van der Waals surface area contributed by atoms with Gasteiger partial charge < -0.3 is 14.0 Å². The average Bonchev–Trinajstić information content (AvgIpc) is 2.43. The Kier molecular flexibility index (Phi) is 6.10. The van der Waals surface area contributed by atoms with Gasteiger partial charge in [-0.15, -0.1) is 6.42 Å². The van der Waals surface area contributed by atoms with Crippen LogP contribution >= 0.6 is 0 Å². The number of benzene rings is 1. The molecular weight excluding hydrogens is 292 g/mol. The number of hydrogen-bond donors (Lipinski definition) is 1. The molecule has 0 aliphatic rings. The summed E-state index contributed by atoms with van der Waals surface area (Å²) in [7, 11) is -2.21. The number of ether oxygens (including phenoxy) is 1. The van der Waals surface area contributed by atoms with E-state index in [0.717, 1.165) is 6.26 Å². The smallest absolute Gasteiger partial charge is 0.306 e. The molecule has 6 heteroatoms. The second-order valence-corrected chi connectivity index (χ2v) is 5.75. The predicted molar refractivity (Wildman–Crippen MR) is 79.4 cm³/mol. The SMILES string of the molecule is C#CC(O)CCC#Cc1ccc(OS(C)(=O)=O)c(OC)c1. The minimum absolute atomic E-state index is 0.105. The Morgan fingerprint density at radius 3 is 2.67 bits per heavy atom. The standard InChI is InChI=1S/C15H16O5S/c1-4-13(16)8-6-5-7-12-9-10-14(15(11-12)19-2)20-21(3,17)18/h1,9-11,13,16H,6,8H2,2-3H3. The molecule has 0 saturated carbocycles. The highest BCUT2D eigenvalue weighted by Gasteiger charge is 2.10. The van der Waals surface area contributed by atoms with Gasteiger partial charge in [-0.2, -0.15) is 8.42 Å². The van der Waals surface area contributed by atoms with E-state index in [1.54, 1.807) is 12.1 Å². The molecule has 0 bridgehead atoms. The zero-order valence-electron chi connectivity index (χ0n) is 11.8. The Labute approximate surface area is 125 Å². The zero-order chi connectivity index (χ0) is 15.9. The van der Waals surface area contributed by atoms with Gasteiger partial charge in [0.1, 0.15) is 6.10 Å². The van der Waals surface area contributed by atoms with Gasteiger partial charge in [0.25, 0.3) is 0 Å². The summed E-state index contributed by atoms with van der Waals surface area (Å²) < 4.78 is 32.1. The molecule has 0 aromatic heterocycles. The highest BCUT2D eigenvalue weighted by atomic mass is 32.2. The first kappa shape index (κ1) is 16.9. The molecule has 1 rings (SSSR count). The summed E-state index contributed by atoms with van der Waals surface area (Å²) in [5.74, 6) is 8.32. The maximum Gasteiger partial charge on any atom is 0.306 e. The van der Waals surface area contributed by atoms with E-state index in [-0.39, 0.29) is 11.5 Å². The highest BCUT2D eigenvalue weighted by molar-refractivity contribution is 7.86. The summed E-state index contributed by atoms with van der Waals surface area (Å²) in [6.45, 7) is 0. The second-order valence-electron chi connectivity index (χ2n) is 4.18. The van der Waals surface area contributed by atoms with Gasteiger partial charge in [0.2, 0.25) is 0 Å². The monoisotopic (exact) mass is 308 g/mol. The molecule has 0 aliphatic heterocycles. The summed E-state index contributed by atoms with van der Waals surface area (Å²) in [4.78, 5) is 0. The molecule has 1 aromatic rings. The van der Waals surface area contributed by atoms with Crippen molar-refractivity contribution >= 4 is 10.1 Å². The summed E-state index contributed by atoms with van der Waals surface area (Å²) >= 11 is 0. The van der Waals surface area contributed by atoms with Crippen LogP contribution in [-0.2, 0) is 10.1 Å². The van der Waals surface area contributed by atoms with Gasteiger partial charge in [-0.3, -0.25) is 0 Å². The largest absolute Gasteiger partial charge is 0.493 e. The highest BCUT2D eigenvalue weighted by Crippen LogP contribution is 2.28. The minimum Gasteiger partial charge on any atom is -0.493 e. The van der Waals surface area contributed by atoms with Gasteiger partial charge in [0.15, 0.2) is 11.5 Å². The molecule has 1 unspecified atom stereocenters. The van der Waals surface area contributed by atoms with Gasteiger partial charge in [-0.1, -0.05) is 17.8 Å². The quantitative estimate of drug-likeness (QED) is 0.653. The van der Waals surface area contributed by atoms with Crippen LogP contribution in [-0.4, -0.2) is 33.0 Å². The first-order valence-electron chi connectivity index (χ1n) is 6.06. The maximum atomic E-state index is 11.1. The van der Waals surface area contributed by atoms with Crippen LogP contribution in [0.3, 0.4) is 0 Å². The average molecular weight is 308 g/mol. The van der Waals surface area contributed by atoms with Crippen molar-refractivity contribution in [2.45, 2.75) is 18.9 Å². The van der Waals surface area contributed by atoms with E-state index in [2.05, 4.69) is 17.8 Å². The van der Waals surface area contributed by atoms with Crippen LogP contribution in [0.15, 0.2) is 18.2 Å². The van der Waals surface area contributed by atoms with Crippen LogP contribution in [0, 0.1) is 24.2 Å². The second kappa shape index (κ2) is 7.58. The third-order valence-corrected chi connectivity index (χ3v) is 2.85. The number of terminal acetylenes is 1. The zero-order valence-corrected chi connectivity index (χ0v) is 12.6. The van der Waals surface area contributed by atoms with Crippen LogP contribution in [0.5, 0.6) is 11.5 Å². The lowest BCUT2D eigenvalue weighted by molar-refractivity contribution is 0.224. The Balaban J connectivity index is 2.84. The minimum atomic E-state index is -3.62. The van der Waals surface area contributed by atoms with E-state index < -0.39 is 16.2 Å². The lowest BCUT2D eigenvalue weighted by Gasteiger charge is -2.08. The topological polar surface area (TPSA) is 72.8 Å². The fraction of sp³-hybridized carbons (Fsp3) is 0.333. The molecule has 0 fully saturated rings. The van der Waals surface area contributed by atoms with Gasteiger partial charge >= 0.3 is 10.1 Å². The molecule has 1 N–H and O–H groups in total. The first-order chi connectivity index (χ1) is 9.85. The van der Waals surface area contributed by atoms with Crippen molar-refractivity contribution in [3.63, 3.8) is 0 Å². The lowest BCUT2D eigenvalue weighted by Crippen LogP contribution is -2.06. The summed E-state index contributed by atoms with van der Waals surface area (Å²) in [5.41, 5.74) is 0.642. The molecule has 21 heavy (non-hydrogen) atoms. The molecule has 1 aromatic carbocycles. The molecule has 5 nitrogen and oxygen atoms in total. The Bertz CT molecular complexity index is 689. The van der Waals surface area contributed by atoms with Crippen LogP contribution in [0.4, 0.5) is 0 Å². The molecule has 0 amide bonds. The lowest BCUT2D eigenvalue weighted by atomic mass is 10.1. The summed E-state index contributed by atoms with van der Waals surface area (Å²) in [6, 6.07) is 4.67. The number of rotatable bonds is 5.